The molecule has 1 fully saturated rings. The number of benzene rings is 1. The van der Waals surface area contributed by atoms with E-state index in [1.54, 1.807) is 0 Å². The predicted octanol–water partition coefficient (Wildman–Crippen LogP) is 3.89. The maximum Gasteiger partial charge on any atom is 0.0582 e. The molecule has 0 bridgehead atoms. The van der Waals surface area contributed by atoms with E-state index in [9.17, 15) is 0 Å². The van der Waals surface area contributed by atoms with Crippen molar-refractivity contribution in [3.63, 3.8) is 0 Å². The molecular formula is C14H19ClO. The average Bonchev–Trinajstić information content (AvgIpc) is 2.80. The summed E-state index contributed by atoms with van der Waals surface area (Å²) in [7, 11) is 0. The van der Waals surface area contributed by atoms with E-state index in [1.165, 1.54) is 24.0 Å². The van der Waals surface area contributed by atoms with Gasteiger partial charge in [-0.25, -0.2) is 0 Å². The van der Waals surface area contributed by atoms with Crippen molar-refractivity contribution in [2.24, 2.45) is 0 Å². The molecule has 0 saturated carbocycles. The largest absolute Gasteiger partial charge is 0.378 e. The Morgan fingerprint density at radius 2 is 2.12 bits per heavy atom. The zero-order valence-electron chi connectivity index (χ0n) is 9.79. The summed E-state index contributed by atoms with van der Waals surface area (Å²) in [5, 5.41) is 0. The van der Waals surface area contributed by atoms with Crippen LogP contribution in [0.2, 0.25) is 0 Å². The van der Waals surface area contributed by atoms with E-state index in [0.717, 1.165) is 13.0 Å². The van der Waals surface area contributed by atoms with Gasteiger partial charge in [-0.3, -0.25) is 0 Å². The molecule has 88 valence electrons. The first-order valence-corrected chi connectivity index (χ1v) is 6.57. The molecule has 0 aromatic heterocycles. The van der Waals surface area contributed by atoms with Crippen LogP contribution in [0.15, 0.2) is 24.3 Å². The highest BCUT2D eigenvalue weighted by atomic mass is 35.5. The molecule has 1 aliphatic rings. The number of rotatable bonds is 4. The van der Waals surface area contributed by atoms with Gasteiger partial charge in [0.15, 0.2) is 0 Å². The number of halogens is 1. The topological polar surface area (TPSA) is 9.23 Å². The molecule has 0 aliphatic carbocycles. The van der Waals surface area contributed by atoms with Crippen LogP contribution in [0, 0.1) is 6.92 Å². The first kappa shape index (κ1) is 11.9. The first-order chi connectivity index (χ1) is 7.79. The molecule has 1 heterocycles. The van der Waals surface area contributed by atoms with E-state index in [0.29, 0.717) is 17.9 Å². The Morgan fingerprint density at radius 3 is 2.69 bits per heavy atom. The molecule has 1 aromatic rings. The highest BCUT2D eigenvalue weighted by Crippen LogP contribution is 2.28. The highest BCUT2D eigenvalue weighted by molar-refractivity contribution is 6.18. The summed E-state index contributed by atoms with van der Waals surface area (Å²) >= 11 is 6.06. The lowest BCUT2D eigenvalue weighted by Crippen LogP contribution is -2.12. The summed E-state index contributed by atoms with van der Waals surface area (Å²) in [6.07, 6.45) is 3.88. The third-order valence-electron chi connectivity index (χ3n) is 3.31. The Kier molecular flexibility index (Phi) is 4.25. The first-order valence-electron chi connectivity index (χ1n) is 6.03. The number of hydrogen-bond donors (Lipinski definition) is 0. The van der Waals surface area contributed by atoms with Gasteiger partial charge in [0.2, 0.25) is 0 Å². The third kappa shape index (κ3) is 2.99. The Balaban J connectivity index is 2.00. The van der Waals surface area contributed by atoms with Gasteiger partial charge in [-0.05, 0) is 37.7 Å². The normalized spacial score (nSPS) is 22.2. The summed E-state index contributed by atoms with van der Waals surface area (Å²) in [6.45, 7) is 3.03. The third-order valence-corrected chi connectivity index (χ3v) is 3.68. The van der Waals surface area contributed by atoms with Crippen molar-refractivity contribution in [2.45, 2.75) is 38.2 Å². The summed E-state index contributed by atoms with van der Waals surface area (Å²) in [6, 6.07) is 8.70. The van der Waals surface area contributed by atoms with Crippen LogP contribution in [0.4, 0.5) is 0 Å². The van der Waals surface area contributed by atoms with Crippen LogP contribution in [0.5, 0.6) is 0 Å². The van der Waals surface area contributed by atoms with Crippen molar-refractivity contribution < 1.29 is 4.74 Å². The molecule has 1 nitrogen and oxygen atoms in total. The fourth-order valence-electron chi connectivity index (χ4n) is 2.27. The van der Waals surface area contributed by atoms with E-state index in [-0.39, 0.29) is 0 Å². The molecule has 16 heavy (non-hydrogen) atoms. The van der Waals surface area contributed by atoms with Gasteiger partial charge in [-0.2, -0.15) is 0 Å². The van der Waals surface area contributed by atoms with Gasteiger partial charge < -0.3 is 4.74 Å². The second-order valence-electron chi connectivity index (χ2n) is 4.63. The van der Waals surface area contributed by atoms with Gasteiger partial charge in [0, 0.05) is 12.5 Å². The van der Waals surface area contributed by atoms with E-state index in [2.05, 4.69) is 31.2 Å². The predicted molar refractivity (Wildman–Crippen MR) is 68.2 cm³/mol. The molecule has 1 saturated heterocycles. The Bertz CT molecular complexity index is 314. The van der Waals surface area contributed by atoms with E-state index >= 15 is 0 Å². The second kappa shape index (κ2) is 5.70. The fourth-order valence-corrected chi connectivity index (χ4v) is 2.58. The number of hydrogen-bond acceptors (Lipinski definition) is 1. The molecule has 0 amide bonds. The van der Waals surface area contributed by atoms with Crippen LogP contribution in [-0.4, -0.2) is 18.6 Å². The maximum absolute atomic E-state index is 6.06. The summed E-state index contributed by atoms with van der Waals surface area (Å²) in [4.78, 5) is 0. The van der Waals surface area contributed by atoms with Crippen molar-refractivity contribution in [2.75, 3.05) is 12.5 Å². The Morgan fingerprint density at radius 1 is 1.38 bits per heavy atom. The lowest BCUT2D eigenvalue weighted by atomic mass is 9.93. The average molecular weight is 239 g/mol. The molecule has 0 radical (unpaired) electrons. The lowest BCUT2D eigenvalue weighted by Gasteiger charge is -2.18. The standard InChI is InChI=1S/C14H19ClO/c1-11-4-6-12(7-5-11)13(10-15)9-14-3-2-8-16-14/h4-7,13-14H,2-3,8-10H2,1H3. The monoisotopic (exact) mass is 238 g/mol. The van der Waals surface area contributed by atoms with Crippen molar-refractivity contribution >= 4 is 11.6 Å². The van der Waals surface area contributed by atoms with Crippen molar-refractivity contribution in [1.29, 1.82) is 0 Å². The van der Waals surface area contributed by atoms with Gasteiger partial charge >= 0.3 is 0 Å². The lowest BCUT2D eigenvalue weighted by molar-refractivity contribution is 0.0995. The maximum atomic E-state index is 6.06. The number of aryl methyl sites for hydroxylation is 1. The van der Waals surface area contributed by atoms with Crippen LogP contribution in [-0.2, 0) is 4.74 Å². The fraction of sp³-hybridized carbons (Fsp3) is 0.571. The van der Waals surface area contributed by atoms with Crippen molar-refractivity contribution in [1.82, 2.24) is 0 Å². The summed E-state index contributed by atoms with van der Waals surface area (Å²) in [5.74, 6) is 1.12. The van der Waals surface area contributed by atoms with Crippen LogP contribution in [0.3, 0.4) is 0 Å². The zero-order chi connectivity index (χ0) is 11.4. The van der Waals surface area contributed by atoms with Crippen LogP contribution < -0.4 is 0 Å². The van der Waals surface area contributed by atoms with Crippen LogP contribution in [0.1, 0.15) is 36.3 Å². The van der Waals surface area contributed by atoms with Crippen LogP contribution in [0.25, 0.3) is 0 Å². The van der Waals surface area contributed by atoms with E-state index in [1.807, 2.05) is 0 Å². The molecule has 2 rings (SSSR count). The molecular weight excluding hydrogens is 220 g/mol. The van der Waals surface area contributed by atoms with Crippen LogP contribution >= 0.6 is 11.6 Å². The number of alkyl halides is 1. The molecule has 0 spiro atoms. The minimum absolute atomic E-state index is 0.421. The molecule has 2 heteroatoms. The van der Waals surface area contributed by atoms with Gasteiger partial charge in [-0.1, -0.05) is 29.8 Å². The van der Waals surface area contributed by atoms with Gasteiger partial charge in [0.1, 0.15) is 0 Å². The van der Waals surface area contributed by atoms with Crippen molar-refractivity contribution in [3.8, 4) is 0 Å². The molecule has 2 unspecified atom stereocenters. The summed E-state index contributed by atoms with van der Waals surface area (Å²) < 4.78 is 5.67. The minimum Gasteiger partial charge on any atom is -0.378 e. The number of ether oxygens (including phenoxy) is 1. The zero-order valence-corrected chi connectivity index (χ0v) is 10.5. The smallest absolute Gasteiger partial charge is 0.0582 e. The van der Waals surface area contributed by atoms with E-state index < -0.39 is 0 Å². The summed E-state index contributed by atoms with van der Waals surface area (Å²) in [5.41, 5.74) is 2.64. The van der Waals surface area contributed by atoms with Crippen molar-refractivity contribution in [3.05, 3.63) is 35.4 Å². The minimum atomic E-state index is 0.421. The quantitative estimate of drug-likeness (QED) is 0.724. The van der Waals surface area contributed by atoms with E-state index in [4.69, 9.17) is 16.3 Å². The Hall–Kier alpha value is -0.530. The molecule has 1 aliphatic heterocycles. The SMILES string of the molecule is Cc1ccc(C(CCl)CC2CCCO2)cc1. The highest BCUT2D eigenvalue weighted by Gasteiger charge is 2.21. The molecule has 0 N–H and O–H groups in total. The Labute approximate surface area is 103 Å². The molecule has 2 atom stereocenters. The van der Waals surface area contributed by atoms with Gasteiger partial charge in [0.05, 0.1) is 6.10 Å². The molecule has 1 aromatic carbocycles. The second-order valence-corrected chi connectivity index (χ2v) is 4.94. The van der Waals surface area contributed by atoms with Gasteiger partial charge in [0.25, 0.3) is 0 Å². The van der Waals surface area contributed by atoms with Gasteiger partial charge in [-0.15, -0.1) is 11.6 Å².